The Morgan fingerprint density at radius 3 is 2.74 bits per heavy atom. The second kappa shape index (κ2) is 8.60. The van der Waals surface area contributed by atoms with Gasteiger partial charge in [0.05, 0.1) is 11.3 Å². The van der Waals surface area contributed by atoms with E-state index in [1.54, 1.807) is 12.1 Å². The van der Waals surface area contributed by atoms with Gasteiger partial charge in [-0.1, -0.05) is 23.5 Å². The number of hydrogen-bond acceptors (Lipinski definition) is 6. The van der Waals surface area contributed by atoms with Crippen molar-refractivity contribution < 1.29 is 22.7 Å². The number of ether oxygens (including phenoxy) is 1. The Kier molecular flexibility index (Phi) is 5.88. The van der Waals surface area contributed by atoms with E-state index in [2.05, 4.69) is 4.98 Å². The second-order valence-electron chi connectivity index (χ2n) is 7.21. The van der Waals surface area contributed by atoms with Crippen molar-refractivity contribution in [2.24, 2.45) is 0 Å². The normalized spacial score (nSPS) is 11.5. The average Bonchev–Trinajstić information content (AvgIpc) is 3.33. The minimum atomic E-state index is -0.761. The Hall–Kier alpha value is -3.04. The lowest BCUT2D eigenvalue weighted by Gasteiger charge is -2.20. The van der Waals surface area contributed by atoms with E-state index in [9.17, 15) is 13.6 Å². The highest BCUT2D eigenvalue weighted by molar-refractivity contribution is 7.22. The third-order valence-electron chi connectivity index (χ3n) is 4.67. The lowest BCUT2D eigenvalue weighted by Crippen LogP contribution is -2.36. The van der Waals surface area contributed by atoms with E-state index in [-0.39, 0.29) is 16.4 Å². The maximum atomic E-state index is 14.2. The molecular formula is C22H21F2N3O3S. The van der Waals surface area contributed by atoms with Crippen LogP contribution >= 0.6 is 11.3 Å². The Balaban J connectivity index is 1.76. The van der Waals surface area contributed by atoms with E-state index in [1.165, 1.54) is 11.0 Å². The van der Waals surface area contributed by atoms with E-state index in [1.807, 2.05) is 38.1 Å². The summed E-state index contributed by atoms with van der Waals surface area (Å²) in [7, 11) is 3.76. The fraction of sp³-hybridized carbons (Fsp3) is 0.273. The molecule has 0 aliphatic carbocycles. The lowest BCUT2D eigenvalue weighted by molar-refractivity contribution is 0.0960. The van der Waals surface area contributed by atoms with Crippen LogP contribution in [0.1, 0.15) is 17.5 Å². The highest BCUT2D eigenvalue weighted by atomic mass is 32.1. The zero-order valence-electron chi connectivity index (χ0n) is 17.3. The van der Waals surface area contributed by atoms with Crippen LogP contribution in [0.25, 0.3) is 21.2 Å². The van der Waals surface area contributed by atoms with Crippen molar-refractivity contribution in [1.82, 2.24) is 9.88 Å². The van der Waals surface area contributed by atoms with Gasteiger partial charge in [-0.2, -0.15) is 0 Å². The predicted molar refractivity (Wildman–Crippen MR) is 117 cm³/mol. The molecule has 0 spiro atoms. The van der Waals surface area contributed by atoms with Crippen LogP contribution in [0.5, 0.6) is 5.75 Å². The maximum absolute atomic E-state index is 14.2. The first kappa shape index (κ1) is 21.2. The number of amides is 1. The van der Waals surface area contributed by atoms with Crippen molar-refractivity contribution in [3.8, 4) is 5.75 Å². The third-order valence-corrected chi connectivity index (χ3v) is 5.69. The van der Waals surface area contributed by atoms with E-state index in [0.717, 1.165) is 22.8 Å². The van der Waals surface area contributed by atoms with Crippen LogP contribution in [-0.4, -0.2) is 49.6 Å². The lowest BCUT2D eigenvalue weighted by atomic mass is 10.2. The first-order valence-electron chi connectivity index (χ1n) is 9.75. The summed E-state index contributed by atoms with van der Waals surface area (Å²) in [6.07, 6.45) is 0. The Labute approximate surface area is 181 Å². The monoisotopic (exact) mass is 445 g/mol. The molecule has 0 saturated carbocycles. The first-order valence-corrected chi connectivity index (χ1v) is 10.6. The number of fused-ring (bicyclic) bond motifs is 2. The summed E-state index contributed by atoms with van der Waals surface area (Å²) in [4.78, 5) is 21.0. The molecule has 0 aliphatic heterocycles. The average molecular weight is 445 g/mol. The molecule has 0 saturated heterocycles. The van der Waals surface area contributed by atoms with Gasteiger partial charge in [0.25, 0.3) is 5.91 Å². The molecule has 0 bridgehead atoms. The molecule has 31 heavy (non-hydrogen) atoms. The Morgan fingerprint density at radius 1 is 1.19 bits per heavy atom. The SMILES string of the molecule is CCOc1cccc2cc(C(=O)N(CCN(C)C)c3nc4c(F)cc(F)cc4s3)oc12. The smallest absolute Gasteiger partial charge is 0.295 e. The van der Waals surface area contributed by atoms with Crippen LogP contribution in [0.4, 0.5) is 13.9 Å². The van der Waals surface area contributed by atoms with Crippen molar-refractivity contribution in [2.45, 2.75) is 6.92 Å². The number of para-hydroxylation sites is 1. The number of carbonyl (C=O) groups is 1. The molecule has 0 radical (unpaired) electrons. The minimum Gasteiger partial charge on any atom is -0.490 e. The summed E-state index contributed by atoms with van der Waals surface area (Å²) < 4.78 is 39.6. The number of rotatable bonds is 7. The molecule has 1 amide bonds. The molecule has 4 rings (SSSR count). The number of thiazole rings is 1. The van der Waals surface area contributed by atoms with Gasteiger partial charge in [0.15, 0.2) is 28.0 Å². The van der Waals surface area contributed by atoms with Crippen LogP contribution < -0.4 is 9.64 Å². The minimum absolute atomic E-state index is 0.0345. The van der Waals surface area contributed by atoms with Crippen molar-refractivity contribution >= 4 is 43.6 Å². The number of benzene rings is 2. The third kappa shape index (κ3) is 4.24. The van der Waals surface area contributed by atoms with Gasteiger partial charge in [-0.3, -0.25) is 9.69 Å². The molecule has 0 unspecified atom stereocenters. The Morgan fingerprint density at radius 2 is 2.00 bits per heavy atom. The molecule has 2 heterocycles. The maximum Gasteiger partial charge on any atom is 0.295 e. The molecule has 0 atom stereocenters. The quantitative estimate of drug-likeness (QED) is 0.404. The molecule has 0 N–H and O–H groups in total. The number of furan rings is 1. The predicted octanol–water partition coefficient (Wildman–Crippen LogP) is 4.93. The Bertz CT molecular complexity index is 1250. The molecule has 2 aromatic heterocycles. The molecular weight excluding hydrogens is 424 g/mol. The highest BCUT2D eigenvalue weighted by Gasteiger charge is 2.26. The van der Waals surface area contributed by atoms with E-state index >= 15 is 0 Å². The number of hydrogen-bond donors (Lipinski definition) is 0. The summed E-state index contributed by atoms with van der Waals surface area (Å²) in [5.41, 5.74) is 0.518. The van der Waals surface area contributed by atoms with Gasteiger partial charge in [0.2, 0.25) is 0 Å². The van der Waals surface area contributed by atoms with Crippen LogP contribution in [0.3, 0.4) is 0 Å². The zero-order chi connectivity index (χ0) is 22.1. The number of nitrogens with zero attached hydrogens (tertiary/aromatic N) is 3. The van der Waals surface area contributed by atoms with E-state index in [0.29, 0.717) is 35.7 Å². The molecule has 162 valence electrons. The van der Waals surface area contributed by atoms with Crippen molar-refractivity contribution in [3.63, 3.8) is 0 Å². The van der Waals surface area contributed by atoms with E-state index < -0.39 is 17.5 Å². The van der Waals surface area contributed by atoms with Gasteiger partial charge in [-0.15, -0.1) is 0 Å². The number of halogens is 2. The van der Waals surface area contributed by atoms with Gasteiger partial charge in [0, 0.05) is 24.5 Å². The summed E-state index contributed by atoms with van der Waals surface area (Å²) >= 11 is 1.06. The van der Waals surface area contributed by atoms with Gasteiger partial charge < -0.3 is 14.1 Å². The largest absolute Gasteiger partial charge is 0.490 e. The molecule has 0 aliphatic rings. The number of aromatic nitrogens is 1. The summed E-state index contributed by atoms with van der Waals surface area (Å²) in [5, 5.41) is 1.01. The van der Waals surface area contributed by atoms with E-state index in [4.69, 9.17) is 9.15 Å². The first-order chi connectivity index (χ1) is 14.9. The highest BCUT2D eigenvalue weighted by Crippen LogP contribution is 2.34. The summed E-state index contributed by atoms with van der Waals surface area (Å²) in [6.45, 7) is 3.17. The number of anilines is 1. The fourth-order valence-electron chi connectivity index (χ4n) is 3.19. The zero-order valence-corrected chi connectivity index (χ0v) is 18.1. The summed E-state index contributed by atoms with van der Waals surface area (Å²) in [5.74, 6) is -1.20. The van der Waals surface area contributed by atoms with Crippen molar-refractivity contribution in [1.29, 1.82) is 0 Å². The van der Waals surface area contributed by atoms with Gasteiger partial charge in [0.1, 0.15) is 11.3 Å². The van der Waals surface area contributed by atoms with Crippen LogP contribution in [0.15, 0.2) is 40.8 Å². The molecule has 4 aromatic rings. The van der Waals surface area contributed by atoms with Crippen LogP contribution in [0, 0.1) is 11.6 Å². The standard InChI is InChI=1S/C22H21F2N3O3S/c1-4-29-16-7-5-6-13-10-17(30-20(13)16)21(28)27(9-8-26(2)3)22-25-19-15(24)11-14(23)12-18(19)31-22/h5-7,10-12H,4,8-9H2,1-3H3. The fourth-order valence-corrected chi connectivity index (χ4v) is 4.22. The van der Waals surface area contributed by atoms with Gasteiger partial charge in [-0.05, 0) is 39.2 Å². The van der Waals surface area contributed by atoms with Gasteiger partial charge in [-0.25, -0.2) is 13.8 Å². The van der Waals surface area contributed by atoms with Gasteiger partial charge >= 0.3 is 0 Å². The number of carbonyl (C=O) groups excluding carboxylic acids is 1. The molecule has 6 nitrogen and oxygen atoms in total. The molecule has 0 fully saturated rings. The topological polar surface area (TPSA) is 58.8 Å². The molecule has 2 aromatic carbocycles. The second-order valence-corrected chi connectivity index (χ2v) is 8.22. The number of likely N-dealkylation sites (N-methyl/N-ethyl adjacent to an activating group) is 1. The van der Waals surface area contributed by atoms with Crippen molar-refractivity contribution in [2.75, 3.05) is 38.7 Å². The molecule has 9 heteroatoms. The van der Waals surface area contributed by atoms with Crippen LogP contribution in [-0.2, 0) is 0 Å². The van der Waals surface area contributed by atoms with Crippen molar-refractivity contribution in [3.05, 3.63) is 53.8 Å². The van der Waals surface area contributed by atoms with Crippen LogP contribution in [0.2, 0.25) is 0 Å². The summed E-state index contributed by atoms with van der Waals surface area (Å²) in [6, 6.07) is 9.08.